The van der Waals surface area contributed by atoms with Gasteiger partial charge < -0.3 is 5.11 Å². The van der Waals surface area contributed by atoms with Crippen LogP contribution in [0.4, 0.5) is 0 Å². The SMILES string of the molecule is CC(C)N1CCC(N(C)Cc2ccc(C(=O)O)cc2)C1. The summed E-state index contributed by atoms with van der Waals surface area (Å²) in [7, 11) is 2.15. The highest BCUT2D eigenvalue weighted by atomic mass is 16.4. The molecule has 0 bridgehead atoms. The Balaban J connectivity index is 1.91. The predicted octanol–water partition coefficient (Wildman–Crippen LogP) is 2.30. The number of likely N-dealkylation sites (N-methyl/N-ethyl adjacent to an activating group) is 1. The summed E-state index contributed by atoms with van der Waals surface area (Å²) >= 11 is 0. The smallest absolute Gasteiger partial charge is 0.335 e. The first kappa shape index (κ1) is 15.0. The van der Waals surface area contributed by atoms with Crippen molar-refractivity contribution in [3.63, 3.8) is 0 Å². The molecule has 4 heteroatoms. The van der Waals surface area contributed by atoms with Gasteiger partial charge in [0.05, 0.1) is 5.56 Å². The van der Waals surface area contributed by atoms with Crippen molar-refractivity contribution in [1.29, 1.82) is 0 Å². The van der Waals surface area contributed by atoms with Gasteiger partial charge in [0.2, 0.25) is 0 Å². The number of likely N-dealkylation sites (tertiary alicyclic amines) is 1. The molecule has 0 aliphatic carbocycles. The fourth-order valence-corrected chi connectivity index (χ4v) is 2.77. The van der Waals surface area contributed by atoms with Crippen LogP contribution in [0, 0.1) is 0 Å². The van der Waals surface area contributed by atoms with Crippen LogP contribution in [-0.2, 0) is 6.54 Å². The Hall–Kier alpha value is -1.39. The highest BCUT2D eigenvalue weighted by Gasteiger charge is 2.26. The van der Waals surface area contributed by atoms with Gasteiger partial charge in [0.15, 0.2) is 0 Å². The van der Waals surface area contributed by atoms with Gasteiger partial charge in [0, 0.05) is 31.7 Å². The van der Waals surface area contributed by atoms with E-state index < -0.39 is 5.97 Å². The molecule has 1 aromatic carbocycles. The quantitative estimate of drug-likeness (QED) is 0.896. The monoisotopic (exact) mass is 276 g/mol. The first-order valence-electron chi connectivity index (χ1n) is 7.24. The number of benzene rings is 1. The van der Waals surface area contributed by atoms with E-state index in [1.807, 2.05) is 12.1 Å². The van der Waals surface area contributed by atoms with Gasteiger partial charge in [-0.25, -0.2) is 4.79 Å². The van der Waals surface area contributed by atoms with E-state index in [4.69, 9.17) is 5.11 Å². The molecule has 1 saturated heterocycles. The zero-order valence-corrected chi connectivity index (χ0v) is 12.5. The van der Waals surface area contributed by atoms with Gasteiger partial charge in [-0.05, 0) is 45.0 Å². The van der Waals surface area contributed by atoms with Crippen molar-refractivity contribution in [3.05, 3.63) is 35.4 Å². The van der Waals surface area contributed by atoms with E-state index in [9.17, 15) is 4.79 Å². The summed E-state index contributed by atoms with van der Waals surface area (Å²) in [5.74, 6) is -0.867. The lowest BCUT2D eigenvalue weighted by Crippen LogP contribution is -2.36. The number of carboxylic acid groups (broad SMARTS) is 1. The molecule has 1 unspecified atom stereocenters. The van der Waals surface area contributed by atoms with Gasteiger partial charge >= 0.3 is 5.97 Å². The molecule has 1 aliphatic rings. The van der Waals surface area contributed by atoms with Crippen molar-refractivity contribution >= 4 is 5.97 Å². The van der Waals surface area contributed by atoms with E-state index in [2.05, 4.69) is 30.7 Å². The number of carboxylic acids is 1. The molecule has 20 heavy (non-hydrogen) atoms. The number of rotatable bonds is 5. The molecular weight excluding hydrogens is 252 g/mol. The minimum atomic E-state index is -0.867. The molecule has 0 aromatic heterocycles. The van der Waals surface area contributed by atoms with Crippen molar-refractivity contribution in [1.82, 2.24) is 9.80 Å². The Morgan fingerprint density at radius 1 is 1.40 bits per heavy atom. The first-order valence-corrected chi connectivity index (χ1v) is 7.24. The molecule has 1 heterocycles. The van der Waals surface area contributed by atoms with Gasteiger partial charge in [-0.3, -0.25) is 9.80 Å². The number of aromatic carboxylic acids is 1. The predicted molar refractivity (Wildman–Crippen MR) is 80.0 cm³/mol. The molecule has 1 N–H and O–H groups in total. The lowest BCUT2D eigenvalue weighted by molar-refractivity contribution is 0.0697. The topological polar surface area (TPSA) is 43.8 Å². The number of hydrogen-bond donors (Lipinski definition) is 1. The average molecular weight is 276 g/mol. The molecule has 1 aliphatic heterocycles. The van der Waals surface area contributed by atoms with Crippen LogP contribution in [0.5, 0.6) is 0 Å². The van der Waals surface area contributed by atoms with Crippen LogP contribution >= 0.6 is 0 Å². The lowest BCUT2D eigenvalue weighted by atomic mass is 10.1. The summed E-state index contributed by atoms with van der Waals surface area (Å²) < 4.78 is 0. The number of nitrogens with zero attached hydrogens (tertiary/aromatic N) is 2. The molecule has 110 valence electrons. The van der Waals surface area contributed by atoms with Gasteiger partial charge in [0.1, 0.15) is 0 Å². The third-order valence-corrected chi connectivity index (χ3v) is 4.18. The summed E-state index contributed by atoms with van der Waals surface area (Å²) in [6.07, 6.45) is 1.21. The molecule has 0 amide bonds. The summed E-state index contributed by atoms with van der Waals surface area (Å²) in [4.78, 5) is 15.7. The Morgan fingerprint density at radius 2 is 2.05 bits per heavy atom. The second-order valence-electron chi connectivity index (χ2n) is 5.95. The van der Waals surface area contributed by atoms with Crippen molar-refractivity contribution in [2.24, 2.45) is 0 Å². The third kappa shape index (κ3) is 3.58. The molecule has 1 aromatic rings. The summed E-state index contributed by atoms with van der Waals surface area (Å²) in [6, 6.07) is 8.39. The molecule has 0 radical (unpaired) electrons. The Labute approximate surface area is 121 Å². The number of hydrogen-bond acceptors (Lipinski definition) is 3. The summed E-state index contributed by atoms with van der Waals surface area (Å²) in [5, 5.41) is 8.90. The standard InChI is InChI=1S/C16H24N2O2/c1-12(2)18-9-8-15(11-18)17(3)10-13-4-6-14(7-5-13)16(19)20/h4-7,12,15H,8-11H2,1-3H3,(H,19,20). The van der Waals surface area contributed by atoms with E-state index in [1.165, 1.54) is 18.5 Å². The maximum atomic E-state index is 10.8. The maximum Gasteiger partial charge on any atom is 0.335 e. The maximum absolute atomic E-state index is 10.8. The van der Waals surface area contributed by atoms with Crippen LogP contribution in [0.15, 0.2) is 24.3 Å². The van der Waals surface area contributed by atoms with Crippen LogP contribution in [-0.4, -0.2) is 53.1 Å². The summed E-state index contributed by atoms with van der Waals surface area (Å²) in [6.45, 7) is 7.66. The Bertz CT molecular complexity index is 456. The minimum absolute atomic E-state index is 0.350. The third-order valence-electron chi connectivity index (χ3n) is 4.18. The number of carbonyl (C=O) groups is 1. The van der Waals surface area contributed by atoms with Gasteiger partial charge in [0.25, 0.3) is 0 Å². The normalized spacial score (nSPS) is 19.9. The molecule has 4 nitrogen and oxygen atoms in total. The van der Waals surface area contributed by atoms with Crippen molar-refractivity contribution in [3.8, 4) is 0 Å². The summed E-state index contributed by atoms with van der Waals surface area (Å²) in [5.41, 5.74) is 1.52. The Morgan fingerprint density at radius 3 is 2.55 bits per heavy atom. The van der Waals surface area contributed by atoms with Crippen LogP contribution in [0.25, 0.3) is 0 Å². The van der Waals surface area contributed by atoms with Crippen LogP contribution in [0.3, 0.4) is 0 Å². The molecule has 0 saturated carbocycles. The average Bonchev–Trinajstić information content (AvgIpc) is 2.89. The van der Waals surface area contributed by atoms with E-state index >= 15 is 0 Å². The molecular formula is C16H24N2O2. The Kier molecular flexibility index (Phi) is 4.78. The van der Waals surface area contributed by atoms with Crippen molar-refractivity contribution in [2.75, 3.05) is 20.1 Å². The van der Waals surface area contributed by atoms with Gasteiger partial charge in [-0.2, -0.15) is 0 Å². The zero-order chi connectivity index (χ0) is 14.7. The minimum Gasteiger partial charge on any atom is -0.478 e. The van der Waals surface area contributed by atoms with Crippen LogP contribution < -0.4 is 0 Å². The van der Waals surface area contributed by atoms with Crippen LogP contribution in [0.1, 0.15) is 36.2 Å². The molecule has 0 spiro atoms. The van der Waals surface area contributed by atoms with E-state index in [-0.39, 0.29) is 0 Å². The second-order valence-corrected chi connectivity index (χ2v) is 5.95. The highest BCUT2D eigenvalue weighted by Crippen LogP contribution is 2.18. The highest BCUT2D eigenvalue weighted by molar-refractivity contribution is 5.87. The fourth-order valence-electron chi connectivity index (χ4n) is 2.77. The van der Waals surface area contributed by atoms with Gasteiger partial charge in [-0.1, -0.05) is 12.1 Å². The van der Waals surface area contributed by atoms with E-state index in [1.54, 1.807) is 12.1 Å². The lowest BCUT2D eigenvalue weighted by Gasteiger charge is -2.26. The zero-order valence-electron chi connectivity index (χ0n) is 12.5. The van der Waals surface area contributed by atoms with E-state index in [0.717, 1.165) is 13.1 Å². The van der Waals surface area contributed by atoms with E-state index in [0.29, 0.717) is 17.6 Å². The van der Waals surface area contributed by atoms with Gasteiger partial charge in [-0.15, -0.1) is 0 Å². The molecule has 2 rings (SSSR count). The van der Waals surface area contributed by atoms with Crippen molar-refractivity contribution < 1.29 is 9.90 Å². The molecule has 1 atom stereocenters. The first-order chi connectivity index (χ1) is 9.47. The largest absolute Gasteiger partial charge is 0.478 e. The molecule has 1 fully saturated rings. The fraction of sp³-hybridized carbons (Fsp3) is 0.562. The van der Waals surface area contributed by atoms with Crippen molar-refractivity contribution in [2.45, 2.75) is 38.9 Å². The second kappa shape index (κ2) is 6.37. The van der Waals surface area contributed by atoms with Crippen LogP contribution in [0.2, 0.25) is 0 Å².